The molecule has 12 heteroatoms. The zero-order valence-corrected chi connectivity index (χ0v) is 16.9. The van der Waals surface area contributed by atoms with Crippen molar-refractivity contribution in [3.05, 3.63) is 65.6 Å². The van der Waals surface area contributed by atoms with E-state index < -0.39 is 35.3 Å². The normalized spacial score (nSPS) is 22.1. The van der Waals surface area contributed by atoms with Crippen molar-refractivity contribution in [1.82, 2.24) is 24.9 Å². The van der Waals surface area contributed by atoms with Gasteiger partial charge >= 0.3 is 6.18 Å². The minimum atomic E-state index is -4.70. The third-order valence-corrected chi connectivity index (χ3v) is 6.10. The first-order valence-electron chi connectivity index (χ1n) is 10.2. The highest BCUT2D eigenvalue weighted by atomic mass is 19.4. The van der Waals surface area contributed by atoms with Crippen LogP contribution in [0.2, 0.25) is 0 Å². The van der Waals surface area contributed by atoms with Gasteiger partial charge in [0, 0.05) is 12.2 Å². The van der Waals surface area contributed by atoms with Gasteiger partial charge in [-0.25, -0.2) is 13.8 Å². The molecule has 1 amide bonds. The van der Waals surface area contributed by atoms with Crippen LogP contribution in [0.5, 0.6) is 0 Å². The van der Waals surface area contributed by atoms with Crippen LogP contribution in [-0.2, 0) is 6.18 Å². The van der Waals surface area contributed by atoms with E-state index in [1.54, 1.807) is 4.90 Å². The Hall–Kier alpha value is -3.57. The molecule has 33 heavy (non-hydrogen) atoms. The Bertz CT molecular complexity index is 1200. The van der Waals surface area contributed by atoms with Gasteiger partial charge in [-0.15, -0.1) is 4.80 Å². The first-order chi connectivity index (χ1) is 15.7. The number of nitrogens with zero attached hydrogens (tertiary/aromatic N) is 5. The lowest BCUT2D eigenvalue weighted by atomic mass is 9.95. The Morgan fingerprint density at radius 3 is 2.55 bits per heavy atom. The number of para-hydroxylation sites is 1. The highest BCUT2D eigenvalue weighted by Gasteiger charge is 2.49. The number of halogens is 5. The minimum absolute atomic E-state index is 0.0706. The number of nitrogens with one attached hydrogen (secondary N) is 1. The van der Waals surface area contributed by atoms with Gasteiger partial charge in [0.2, 0.25) is 0 Å². The van der Waals surface area contributed by atoms with E-state index in [1.165, 1.54) is 30.6 Å². The number of pyridine rings is 1. The van der Waals surface area contributed by atoms with Crippen LogP contribution in [-0.4, -0.2) is 48.9 Å². The Labute approximate surface area is 184 Å². The number of carbonyl (C=O) groups excluding carboxylic acids is 1. The summed E-state index contributed by atoms with van der Waals surface area (Å²) in [4.78, 5) is 19.7. The SMILES string of the molecule is O=C(c1cccc(F)c1-n1nccn1)N1C2CCC1C(Nc1ncc(C(F)(F)F)cc1F)C2. The number of carbonyl (C=O) groups is 1. The molecule has 3 unspecified atom stereocenters. The maximum Gasteiger partial charge on any atom is 0.417 e. The van der Waals surface area contributed by atoms with Crippen molar-refractivity contribution in [2.24, 2.45) is 0 Å². The van der Waals surface area contributed by atoms with Crippen LogP contribution in [0.1, 0.15) is 35.2 Å². The summed E-state index contributed by atoms with van der Waals surface area (Å²) in [5, 5.41) is 10.7. The van der Waals surface area contributed by atoms with Crippen molar-refractivity contribution in [2.45, 2.75) is 43.6 Å². The summed E-state index contributed by atoms with van der Waals surface area (Å²) < 4.78 is 67.2. The topological polar surface area (TPSA) is 75.9 Å². The molecule has 5 rings (SSSR count). The molecule has 3 aromatic rings. The number of aromatic nitrogens is 4. The highest BCUT2D eigenvalue weighted by Crippen LogP contribution is 2.41. The van der Waals surface area contributed by atoms with Crippen LogP contribution in [0, 0.1) is 11.6 Å². The van der Waals surface area contributed by atoms with E-state index in [9.17, 15) is 26.7 Å². The van der Waals surface area contributed by atoms with E-state index in [0.29, 0.717) is 31.5 Å². The molecule has 0 aliphatic carbocycles. The number of hydrogen-bond donors (Lipinski definition) is 1. The monoisotopic (exact) mass is 464 g/mol. The first kappa shape index (κ1) is 21.3. The standard InChI is InChI=1S/C21H17F5N6O/c22-14-3-1-2-13(18(14)32-28-6-7-29-32)20(33)31-12-4-5-17(31)16(9-12)30-19-15(23)8-11(10-27-19)21(24,25)26/h1-3,6-8,10,12,16-17H,4-5,9H2,(H,27,30). The van der Waals surface area contributed by atoms with Crippen LogP contribution in [0.25, 0.3) is 5.69 Å². The van der Waals surface area contributed by atoms with E-state index >= 15 is 0 Å². The zero-order valence-electron chi connectivity index (χ0n) is 16.9. The molecular weight excluding hydrogens is 447 g/mol. The lowest BCUT2D eigenvalue weighted by Gasteiger charge is -2.26. The Morgan fingerprint density at radius 2 is 1.85 bits per heavy atom. The third-order valence-electron chi connectivity index (χ3n) is 6.10. The molecule has 2 aliphatic heterocycles. The van der Waals surface area contributed by atoms with Crippen molar-refractivity contribution in [3.63, 3.8) is 0 Å². The maximum atomic E-state index is 14.6. The number of amides is 1. The van der Waals surface area contributed by atoms with E-state index in [2.05, 4.69) is 20.5 Å². The number of fused-ring (bicyclic) bond motifs is 2. The van der Waals surface area contributed by atoms with Gasteiger partial charge in [-0.05, 0) is 37.5 Å². The summed E-state index contributed by atoms with van der Waals surface area (Å²) >= 11 is 0. The van der Waals surface area contributed by atoms with Crippen LogP contribution >= 0.6 is 0 Å². The number of anilines is 1. The lowest BCUT2D eigenvalue weighted by Crippen LogP contribution is -2.40. The van der Waals surface area contributed by atoms with Crippen molar-refractivity contribution in [2.75, 3.05) is 5.32 Å². The predicted molar refractivity (Wildman–Crippen MR) is 106 cm³/mol. The molecule has 2 aliphatic rings. The van der Waals surface area contributed by atoms with Crippen molar-refractivity contribution in [3.8, 4) is 5.69 Å². The molecule has 172 valence electrons. The fourth-order valence-electron chi connectivity index (χ4n) is 4.70. The van der Waals surface area contributed by atoms with E-state index in [-0.39, 0.29) is 29.2 Å². The molecule has 1 aromatic carbocycles. The van der Waals surface area contributed by atoms with Gasteiger partial charge in [0.05, 0.1) is 35.6 Å². The second kappa shape index (κ2) is 7.78. The van der Waals surface area contributed by atoms with Crippen LogP contribution < -0.4 is 5.32 Å². The summed E-state index contributed by atoms with van der Waals surface area (Å²) in [5.41, 5.74) is -1.16. The molecule has 0 radical (unpaired) electrons. The molecule has 2 saturated heterocycles. The Balaban J connectivity index is 1.40. The number of hydrogen-bond acceptors (Lipinski definition) is 5. The van der Waals surface area contributed by atoms with Gasteiger partial charge in [-0.1, -0.05) is 6.07 Å². The largest absolute Gasteiger partial charge is 0.417 e. The molecule has 2 bridgehead atoms. The van der Waals surface area contributed by atoms with Gasteiger partial charge in [-0.2, -0.15) is 23.4 Å². The van der Waals surface area contributed by atoms with Crippen molar-refractivity contribution < 1.29 is 26.7 Å². The van der Waals surface area contributed by atoms with Crippen LogP contribution in [0.4, 0.5) is 27.8 Å². The molecule has 0 saturated carbocycles. The predicted octanol–water partition coefficient (Wildman–Crippen LogP) is 3.82. The highest BCUT2D eigenvalue weighted by molar-refractivity contribution is 5.98. The van der Waals surface area contributed by atoms with E-state index in [1.807, 2.05) is 0 Å². The van der Waals surface area contributed by atoms with Gasteiger partial charge in [0.25, 0.3) is 5.91 Å². The third kappa shape index (κ3) is 3.68. The molecule has 0 spiro atoms. The van der Waals surface area contributed by atoms with Gasteiger partial charge in [-0.3, -0.25) is 4.79 Å². The van der Waals surface area contributed by atoms with Crippen molar-refractivity contribution >= 4 is 11.7 Å². The molecule has 3 atom stereocenters. The first-order valence-corrected chi connectivity index (χ1v) is 10.2. The lowest BCUT2D eigenvalue weighted by molar-refractivity contribution is -0.138. The fourth-order valence-corrected chi connectivity index (χ4v) is 4.70. The Kier molecular flexibility index (Phi) is 5.02. The second-order valence-electron chi connectivity index (χ2n) is 8.00. The zero-order chi connectivity index (χ0) is 23.3. The maximum absolute atomic E-state index is 14.6. The second-order valence-corrected chi connectivity index (χ2v) is 8.00. The molecular formula is C21H17F5N6O. The molecule has 2 fully saturated rings. The van der Waals surface area contributed by atoms with Gasteiger partial charge < -0.3 is 10.2 Å². The summed E-state index contributed by atoms with van der Waals surface area (Å²) in [6, 6.07) is 3.56. The summed E-state index contributed by atoms with van der Waals surface area (Å²) in [5.74, 6) is -2.50. The smallest absolute Gasteiger partial charge is 0.363 e. The molecule has 2 aromatic heterocycles. The fraction of sp³-hybridized carbons (Fsp3) is 0.333. The van der Waals surface area contributed by atoms with Gasteiger partial charge in [0.15, 0.2) is 17.5 Å². The summed E-state index contributed by atoms with van der Waals surface area (Å²) in [6.45, 7) is 0. The number of alkyl halides is 3. The Morgan fingerprint density at radius 1 is 1.09 bits per heavy atom. The van der Waals surface area contributed by atoms with Gasteiger partial charge in [0.1, 0.15) is 5.69 Å². The molecule has 1 N–H and O–H groups in total. The van der Waals surface area contributed by atoms with E-state index in [0.717, 1.165) is 4.80 Å². The summed E-state index contributed by atoms with van der Waals surface area (Å²) in [7, 11) is 0. The number of rotatable bonds is 4. The number of benzene rings is 1. The minimum Gasteiger partial charge on any atom is -0.363 e. The van der Waals surface area contributed by atoms with Crippen LogP contribution in [0.3, 0.4) is 0 Å². The molecule has 7 nitrogen and oxygen atoms in total. The summed E-state index contributed by atoms with van der Waals surface area (Å²) in [6.07, 6.45) is 0.385. The average molecular weight is 464 g/mol. The molecule has 4 heterocycles. The van der Waals surface area contributed by atoms with Crippen LogP contribution in [0.15, 0.2) is 42.9 Å². The quantitative estimate of drug-likeness (QED) is 0.595. The van der Waals surface area contributed by atoms with Crippen molar-refractivity contribution in [1.29, 1.82) is 0 Å². The van der Waals surface area contributed by atoms with E-state index in [4.69, 9.17) is 0 Å². The average Bonchev–Trinajstić information content (AvgIpc) is 3.50.